The smallest absolute Gasteiger partial charge is 0.268 e. The van der Waals surface area contributed by atoms with Crippen molar-refractivity contribution in [2.75, 3.05) is 13.2 Å². The van der Waals surface area contributed by atoms with E-state index in [4.69, 9.17) is 9.47 Å². The zero-order chi connectivity index (χ0) is 15.9. The molecule has 1 atom stereocenters. The maximum absolute atomic E-state index is 13.8. The van der Waals surface area contributed by atoms with Gasteiger partial charge < -0.3 is 19.8 Å². The molecule has 1 saturated heterocycles. The average Bonchev–Trinajstić information content (AvgIpc) is 3.18. The standard InChI is InChI=1S/C17H19FN2O3/c18-12-4-3-5-13-11(12)10-14(19-13)16(21)20-15-6-1-2-7-17(15)22-8-9-23-17/h3-5,10,15,19H,1-2,6-9H2,(H,20,21)/t15-/m1/s1. The predicted molar refractivity (Wildman–Crippen MR) is 82.6 cm³/mol. The number of fused-ring (bicyclic) bond motifs is 1. The molecule has 0 unspecified atom stereocenters. The normalized spacial score (nSPS) is 23.4. The summed E-state index contributed by atoms with van der Waals surface area (Å²) in [7, 11) is 0. The predicted octanol–water partition coefficient (Wildman–Crippen LogP) is 2.72. The first-order chi connectivity index (χ1) is 11.2. The van der Waals surface area contributed by atoms with E-state index < -0.39 is 5.79 Å². The van der Waals surface area contributed by atoms with Crippen LogP contribution in [0, 0.1) is 5.82 Å². The fourth-order valence-electron chi connectivity index (χ4n) is 3.59. The molecule has 2 fully saturated rings. The van der Waals surface area contributed by atoms with Crippen LogP contribution in [0.4, 0.5) is 4.39 Å². The molecule has 1 spiro atoms. The molecular formula is C17H19FN2O3. The Bertz CT molecular complexity index is 737. The summed E-state index contributed by atoms with van der Waals surface area (Å²) in [6.07, 6.45) is 3.67. The average molecular weight is 318 g/mol. The van der Waals surface area contributed by atoms with E-state index in [0.29, 0.717) is 29.8 Å². The maximum Gasteiger partial charge on any atom is 0.268 e. The Morgan fingerprint density at radius 2 is 2.13 bits per heavy atom. The monoisotopic (exact) mass is 318 g/mol. The molecule has 1 aliphatic carbocycles. The number of carbonyl (C=O) groups is 1. The van der Waals surface area contributed by atoms with Gasteiger partial charge in [-0.1, -0.05) is 12.5 Å². The van der Waals surface area contributed by atoms with Gasteiger partial charge in [0.25, 0.3) is 5.91 Å². The second-order valence-corrected chi connectivity index (χ2v) is 6.16. The van der Waals surface area contributed by atoms with Crippen molar-refractivity contribution in [2.24, 2.45) is 0 Å². The van der Waals surface area contributed by atoms with Crippen molar-refractivity contribution < 1.29 is 18.7 Å². The van der Waals surface area contributed by atoms with E-state index in [9.17, 15) is 9.18 Å². The zero-order valence-corrected chi connectivity index (χ0v) is 12.7. The first-order valence-corrected chi connectivity index (χ1v) is 8.04. The van der Waals surface area contributed by atoms with E-state index in [-0.39, 0.29) is 17.8 Å². The molecule has 1 saturated carbocycles. The molecule has 1 aliphatic heterocycles. The van der Waals surface area contributed by atoms with Crippen molar-refractivity contribution in [1.29, 1.82) is 0 Å². The molecule has 2 aromatic rings. The van der Waals surface area contributed by atoms with Crippen molar-refractivity contribution in [3.05, 3.63) is 35.8 Å². The molecule has 2 heterocycles. The van der Waals surface area contributed by atoms with Crippen LogP contribution in [0.25, 0.3) is 10.9 Å². The van der Waals surface area contributed by atoms with Crippen LogP contribution in [0.2, 0.25) is 0 Å². The molecule has 23 heavy (non-hydrogen) atoms. The number of H-pyrrole nitrogens is 1. The molecule has 0 radical (unpaired) electrons. The minimum atomic E-state index is -0.689. The number of amides is 1. The molecule has 6 heteroatoms. The number of rotatable bonds is 2. The lowest BCUT2D eigenvalue weighted by Gasteiger charge is -2.39. The molecular weight excluding hydrogens is 299 g/mol. The molecule has 1 aromatic heterocycles. The highest BCUT2D eigenvalue weighted by molar-refractivity contribution is 5.98. The molecule has 2 aliphatic rings. The fourth-order valence-corrected chi connectivity index (χ4v) is 3.59. The summed E-state index contributed by atoms with van der Waals surface area (Å²) in [6, 6.07) is 6.12. The van der Waals surface area contributed by atoms with Gasteiger partial charge in [0.1, 0.15) is 11.5 Å². The van der Waals surface area contributed by atoms with Crippen LogP contribution < -0.4 is 5.32 Å². The Balaban J connectivity index is 1.57. The van der Waals surface area contributed by atoms with E-state index in [1.165, 1.54) is 6.07 Å². The number of ether oxygens (including phenoxy) is 2. The Hall–Kier alpha value is -1.92. The number of hydrogen-bond donors (Lipinski definition) is 2. The number of aromatic amines is 1. The van der Waals surface area contributed by atoms with Crippen LogP contribution in [-0.4, -0.2) is 35.9 Å². The van der Waals surface area contributed by atoms with E-state index in [2.05, 4.69) is 10.3 Å². The van der Waals surface area contributed by atoms with Gasteiger partial charge >= 0.3 is 0 Å². The van der Waals surface area contributed by atoms with Crippen LogP contribution in [-0.2, 0) is 9.47 Å². The summed E-state index contributed by atoms with van der Waals surface area (Å²) in [5.74, 6) is -1.29. The summed E-state index contributed by atoms with van der Waals surface area (Å²) in [6.45, 7) is 1.12. The Labute approximate surface area is 133 Å². The maximum atomic E-state index is 13.8. The SMILES string of the molecule is O=C(N[C@@H]1CCCCC12OCCO2)c1cc2c(F)cccc2[nH]1. The van der Waals surface area contributed by atoms with Crippen molar-refractivity contribution in [3.63, 3.8) is 0 Å². The van der Waals surface area contributed by atoms with Gasteiger partial charge in [-0.3, -0.25) is 4.79 Å². The summed E-state index contributed by atoms with van der Waals surface area (Å²) in [5, 5.41) is 3.43. The minimum absolute atomic E-state index is 0.178. The Kier molecular flexibility index (Phi) is 3.58. The molecule has 2 N–H and O–H groups in total. The highest BCUT2D eigenvalue weighted by Crippen LogP contribution is 2.36. The molecule has 1 aromatic carbocycles. The van der Waals surface area contributed by atoms with Gasteiger partial charge in [-0.25, -0.2) is 4.39 Å². The lowest BCUT2D eigenvalue weighted by molar-refractivity contribution is -0.192. The van der Waals surface area contributed by atoms with E-state index in [1.807, 2.05) is 0 Å². The number of nitrogens with one attached hydrogen (secondary N) is 2. The first kappa shape index (κ1) is 14.7. The highest BCUT2D eigenvalue weighted by atomic mass is 19.1. The second-order valence-electron chi connectivity index (χ2n) is 6.16. The van der Waals surface area contributed by atoms with Gasteiger partial charge in [-0.15, -0.1) is 0 Å². The summed E-state index contributed by atoms with van der Waals surface area (Å²) >= 11 is 0. The van der Waals surface area contributed by atoms with Crippen LogP contribution in [0.15, 0.2) is 24.3 Å². The Morgan fingerprint density at radius 1 is 1.30 bits per heavy atom. The lowest BCUT2D eigenvalue weighted by atomic mass is 9.89. The third-order valence-electron chi connectivity index (χ3n) is 4.74. The van der Waals surface area contributed by atoms with Gasteiger partial charge in [0, 0.05) is 17.3 Å². The van der Waals surface area contributed by atoms with Gasteiger partial charge in [-0.2, -0.15) is 0 Å². The van der Waals surface area contributed by atoms with Crippen LogP contribution in [0.3, 0.4) is 0 Å². The Morgan fingerprint density at radius 3 is 2.91 bits per heavy atom. The molecule has 1 amide bonds. The van der Waals surface area contributed by atoms with E-state index in [0.717, 1.165) is 25.7 Å². The van der Waals surface area contributed by atoms with Gasteiger partial charge in [0.15, 0.2) is 5.79 Å². The molecule has 5 nitrogen and oxygen atoms in total. The molecule has 122 valence electrons. The summed E-state index contributed by atoms with van der Waals surface area (Å²) in [5.41, 5.74) is 0.964. The van der Waals surface area contributed by atoms with Crippen molar-refractivity contribution in [2.45, 2.75) is 37.5 Å². The third kappa shape index (κ3) is 2.52. The lowest BCUT2D eigenvalue weighted by Crippen LogP contribution is -2.55. The zero-order valence-electron chi connectivity index (χ0n) is 12.7. The number of aromatic nitrogens is 1. The largest absolute Gasteiger partial charge is 0.350 e. The van der Waals surface area contributed by atoms with Crippen LogP contribution >= 0.6 is 0 Å². The minimum Gasteiger partial charge on any atom is -0.350 e. The van der Waals surface area contributed by atoms with Gasteiger partial charge in [0.2, 0.25) is 0 Å². The van der Waals surface area contributed by atoms with Crippen molar-refractivity contribution in [1.82, 2.24) is 10.3 Å². The number of hydrogen-bond acceptors (Lipinski definition) is 3. The second kappa shape index (κ2) is 5.62. The topological polar surface area (TPSA) is 63.4 Å². The van der Waals surface area contributed by atoms with E-state index in [1.54, 1.807) is 18.2 Å². The van der Waals surface area contributed by atoms with Gasteiger partial charge in [-0.05, 0) is 31.0 Å². The van der Waals surface area contributed by atoms with Crippen LogP contribution in [0.1, 0.15) is 36.2 Å². The molecule has 4 rings (SSSR count). The number of halogens is 1. The van der Waals surface area contributed by atoms with E-state index >= 15 is 0 Å². The fraction of sp³-hybridized carbons (Fsp3) is 0.471. The summed E-state index contributed by atoms with van der Waals surface area (Å²) < 4.78 is 25.4. The third-order valence-corrected chi connectivity index (χ3v) is 4.74. The van der Waals surface area contributed by atoms with Crippen molar-refractivity contribution in [3.8, 4) is 0 Å². The van der Waals surface area contributed by atoms with Crippen LogP contribution in [0.5, 0.6) is 0 Å². The summed E-state index contributed by atoms with van der Waals surface area (Å²) in [4.78, 5) is 15.5. The highest BCUT2D eigenvalue weighted by Gasteiger charge is 2.46. The van der Waals surface area contributed by atoms with Gasteiger partial charge in [0.05, 0.1) is 19.3 Å². The first-order valence-electron chi connectivity index (χ1n) is 8.04. The molecule has 0 bridgehead atoms. The number of carbonyl (C=O) groups excluding carboxylic acids is 1. The number of benzene rings is 1. The quantitative estimate of drug-likeness (QED) is 0.895. The van der Waals surface area contributed by atoms with Crippen molar-refractivity contribution >= 4 is 16.8 Å².